The van der Waals surface area contributed by atoms with Gasteiger partial charge in [-0.1, -0.05) is 37.8 Å². The van der Waals surface area contributed by atoms with E-state index in [-0.39, 0.29) is 5.54 Å². The highest BCUT2D eigenvalue weighted by atomic mass is 16.5. The minimum absolute atomic E-state index is 0.135. The second kappa shape index (κ2) is 5.54. The smallest absolute Gasteiger partial charge is 0.119 e. The van der Waals surface area contributed by atoms with Crippen LogP contribution in [0.15, 0.2) is 24.3 Å². The molecule has 0 unspecified atom stereocenters. The minimum atomic E-state index is -0.135. The molecule has 2 heteroatoms. The van der Waals surface area contributed by atoms with E-state index in [2.05, 4.69) is 18.2 Å². The summed E-state index contributed by atoms with van der Waals surface area (Å²) in [4.78, 5) is 0. The van der Waals surface area contributed by atoms with Crippen molar-refractivity contribution in [3.63, 3.8) is 0 Å². The van der Waals surface area contributed by atoms with Gasteiger partial charge in [0.2, 0.25) is 0 Å². The standard InChI is InChI=1S/C15H23NO/c1-2-17-14-9-7-8-13(12-14)15(16)10-5-3-4-6-11-15/h7-9,12H,2-6,10-11,16H2,1H3. The van der Waals surface area contributed by atoms with E-state index in [0.717, 1.165) is 18.6 Å². The predicted octanol–water partition coefficient (Wildman–Crippen LogP) is 3.59. The van der Waals surface area contributed by atoms with Gasteiger partial charge < -0.3 is 10.5 Å². The molecule has 1 aromatic rings. The normalized spacial score (nSPS) is 19.6. The summed E-state index contributed by atoms with van der Waals surface area (Å²) >= 11 is 0. The summed E-state index contributed by atoms with van der Waals surface area (Å²) in [5.74, 6) is 0.944. The Kier molecular flexibility index (Phi) is 4.06. The number of nitrogens with two attached hydrogens (primary N) is 1. The molecule has 2 nitrogen and oxygen atoms in total. The van der Waals surface area contributed by atoms with E-state index >= 15 is 0 Å². The van der Waals surface area contributed by atoms with Gasteiger partial charge in [0.1, 0.15) is 5.75 Å². The lowest BCUT2D eigenvalue weighted by Crippen LogP contribution is -2.35. The quantitative estimate of drug-likeness (QED) is 0.810. The summed E-state index contributed by atoms with van der Waals surface area (Å²) in [5.41, 5.74) is 7.70. The molecule has 0 aromatic heterocycles. The van der Waals surface area contributed by atoms with Crippen LogP contribution in [0.2, 0.25) is 0 Å². The molecule has 0 heterocycles. The molecule has 1 fully saturated rings. The SMILES string of the molecule is CCOc1cccc(C2(N)CCCCCC2)c1. The molecule has 0 aliphatic heterocycles. The van der Waals surface area contributed by atoms with E-state index in [1.807, 2.05) is 13.0 Å². The summed E-state index contributed by atoms with van der Waals surface area (Å²) in [6, 6.07) is 8.33. The largest absolute Gasteiger partial charge is 0.494 e. The van der Waals surface area contributed by atoms with Gasteiger partial charge in [-0.2, -0.15) is 0 Å². The molecule has 0 amide bonds. The van der Waals surface area contributed by atoms with Crippen molar-refractivity contribution in [1.29, 1.82) is 0 Å². The minimum Gasteiger partial charge on any atom is -0.494 e. The highest BCUT2D eigenvalue weighted by molar-refractivity contribution is 5.33. The van der Waals surface area contributed by atoms with Crippen LogP contribution in [0.1, 0.15) is 51.0 Å². The van der Waals surface area contributed by atoms with E-state index in [4.69, 9.17) is 10.5 Å². The molecule has 0 spiro atoms. The van der Waals surface area contributed by atoms with Crippen LogP contribution in [0.4, 0.5) is 0 Å². The lowest BCUT2D eigenvalue weighted by atomic mass is 9.84. The van der Waals surface area contributed by atoms with Crippen LogP contribution >= 0.6 is 0 Å². The lowest BCUT2D eigenvalue weighted by molar-refractivity contribution is 0.335. The average molecular weight is 233 g/mol. The van der Waals surface area contributed by atoms with Crippen molar-refractivity contribution in [1.82, 2.24) is 0 Å². The summed E-state index contributed by atoms with van der Waals surface area (Å²) in [5, 5.41) is 0. The highest BCUT2D eigenvalue weighted by Gasteiger charge is 2.28. The van der Waals surface area contributed by atoms with E-state index < -0.39 is 0 Å². The summed E-state index contributed by atoms with van der Waals surface area (Å²) in [7, 11) is 0. The number of rotatable bonds is 3. The monoisotopic (exact) mass is 233 g/mol. The van der Waals surface area contributed by atoms with Gasteiger partial charge in [0.15, 0.2) is 0 Å². The van der Waals surface area contributed by atoms with Gasteiger partial charge in [-0.05, 0) is 37.5 Å². The fourth-order valence-corrected chi connectivity index (χ4v) is 2.71. The van der Waals surface area contributed by atoms with Crippen LogP contribution in [0.3, 0.4) is 0 Å². The van der Waals surface area contributed by atoms with Crippen LogP contribution in [-0.4, -0.2) is 6.61 Å². The molecular weight excluding hydrogens is 210 g/mol. The Morgan fingerprint density at radius 2 is 1.88 bits per heavy atom. The molecular formula is C15H23NO. The van der Waals surface area contributed by atoms with Crippen molar-refractivity contribution < 1.29 is 4.74 Å². The zero-order chi connectivity index (χ0) is 12.1. The van der Waals surface area contributed by atoms with E-state index in [1.54, 1.807) is 0 Å². The first-order chi connectivity index (χ1) is 8.24. The van der Waals surface area contributed by atoms with Crippen LogP contribution in [0.5, 0.6) is 5.75 Å². The first-order valence-corrected chi connectivity index (χ1v) is 6.77. The molecule has 94 valence electrons. The van der Waals surface area contributed by atoms with Crippen molar-refractivity contribution >= 4 is 0 Å². The van der Waals surface area contributed by atoms with Gasteiger partial charge >= 0.3 is 0 Å². The van der Waals surface area contributed by atoms with Crippen molar-refractivity contribution in [2.75, 3.05) is 6.61 Å². The van der Waals surface area contributed by atoms with Gasteiger partial charge in [-0.25, -0.2) is 0 Å². The second-order valence-electron chi connectivity index (χ2n) is 5.03. The van der Waals surface area contributed by atoms with Crippen molar-refractivity contribution in [2.45, 2.75) is 51.0 Å². The summed E-state index contributed by atoms with van der Waals surface area (Å²) < 4.78 is 5.56. The third-order valence-electron chi connectivity index (χ3n) is 3.72. The van der Waals surface area contributed by atoms with Crippen molar-refractivity contribution in [3.8, 4) is 5.75 Å². The van der Waals surface area contributed by atoms with Crippen LogP contribution in [0, 0.1) is 0 Å². The fraction of sp³-hybridized carbons (Fsp3) is 0.600. The van der Waals surface area contributed by atoms with Crippen LogP contribution in [0.25, 0.3) is 0 Å². The Morgan fingerprint density at radius 1 is 1.18 bits per heavy atom. The highest BCUT2D eigenvalue weighted by Crippen LogP contribution is 2.34. The van der Waals surface area contributed by atoms with Gasteiger partial charge in [-0.3, -0.25) is 0 Å². The van der Waals surface area contributed by atoms with Gasteiger partial charge in [0.25, 0.3) is 0 Å². The van der Waals surface area contributed by atoms with Gasteiger partial charge in [0, 0.05) is 5.54 Å². The maximum Gasteiger partial charge on any atom is 0.119 e. The zero-order valence-electron chi connectivity index (χ0n) is 10.7. The maximum atomic E-state index is 6.59. The molecule has 0 radical (unpaired) electrons. The molecule has 1 aliphatic rings. The van der Waals surface area contributed by atoms with E-state index in [0.29, 0.717) is 6.61 Å². The third kappa shape index (κ3) is 3.01. The third-order valence-corrected chi connectivity index (χ3v) is 3.72. The first-order valence-electron chi connectivity index (χ1n) is 6.77. The molecule has 0 atom stereocenters. The Morgan fingerprint density at radius 3 is 2.53 bits per heavy atom. The molecule has 17 heavy (non-hydrogen) atoms. The predicted molar refractivity (Wildman–Crippen MR) is 71.2 cm³/mol. The molecule has 2 N–H and O–H groups in total. The topological polar surface area (TPSA) is 35.2 Å². The fourth-order valence-electron chi connectivity index (χ4n) is 2.71. The molecule has 0 saturated heterocycles. The number of benzene rings is 1. The molecule has 0 bridgehead atoms. The van der Waals surface area contributed by atoms with Gasteiger partial charge in [0.05, 0.1) is 6.61 Å². The first kappa shape index (κ1) is 12.4. The van der Waals surface area contributed by atoms with Crippen LogP contribution in [-0.2, 0) is 5.54 Å². The van der Waals surface area contributed by atoms with E-state index in [1.165, 1.54) is 31.2 Å². The molecule has 1 saturated carbocycles. The Hall–Kier alpha value is -1.02. The number of hydrogen-bond donors (Lipinski definition) is 1. The summed E-state index contributed by atoms with van der Waals surface area (Å²) in [6.45, 7) is 2.72. The number of ether oxygens (including phenoxy) is 1. The second-order valence-corrected chi connectivity index (χ2v) is 5.03. The van der Waals surface area contributed by atoms with E-state index in [9.17, 15) is 0 Å². The van der Waals surface area contributed by atoms with Crippen molar-refractivity contribution in [3.05, 3.63) is 29.8 Å². The van der Waals surface area contributed by atoms with Crippen LogP contribution < -0.4 is 10.5 Å². The Labute approximate surface area is 104 Å². The lowest BCUT2D eigenvalue weighted by Gasteiger charge is -2.29. The molecule has 1 aromatic carbocycles. The van der Waals surface area contributed by atoms with Gasteiger partial charge in [-0.15, -0.1) is 0 Å². The van der Waals surface area contributed by atoms with Crippen molar-refractivity contribution in [2.24, 2.45) is 5.73 Å². The molecule has 1 aliphatic carbocycles. The zero-order valence-corrected chi connectivity index (χ0v) is 10.7. The number of hydrogen-bond acceptors (Lipinski definition) is 2. The Bertz CT molecular complexity index is 354. The average Bonchev–Trinajstić information content (AvgIpc) is 2.56. The Balaban J connectivity index is 2.21. The summed E-state index contributed by atoms with van der Waals surface area (Å²) in [6.07, 6.45) is 7.34. The molecule has 2 rings (SSSR count). The maximum absolute atomic E-state index is 6.59.